The van der Waals surface area contributed by atoms with Crippen LogP contribution in [0.5, 0.6) is 0 Å². The van der Waals surface area contributed by atoms with E-state index in [1.54, 1.807) is 4.80 Å². The summed E-state index contributed by atoms with van der Waals surface area (Å²) in [4.78, 5) is 16.2. The van der Waals surface area contributed by atoms with Crippen molar-refractivity contribution in [2.24, 2.45) is 0 Å². The molecule has 8 nitrogen and oxygen atoms in total. The average molecular weight is 406 g/mol. The first-order chi connectivity index (χ1) is 14.8. The van der Waals surface area contributed by atoms with Crippen molar-refractivity contribution >= 4 is 11.6 Å². The molecule has 2 aromatic carbocycles. The zero-order valence-corrected chi connectivity index (χ0v) is 16.9. The van der Waals surface area contributed by atoms with Crippen molar-refractivity contribution in [1.82, 2.24) is 25.1 Å². The third-order valence-electron chi connectivity index (χ3n) is 4.97. The second-order valence-electron chi connectivity index (χ2n) is 7.32. The molecule has 8 heteroatoms. The lowest BCUT2D eigenvalue weighted by Crippen LogP contribution is -2.35. The Balaban J connectivity index is 1.23. The zero-order valence-electron chi connectivity index (χ0n) is 16.9. The molecule has 0 radical (unpaired) electrons. The van der Waals surface area contributed by atoms with Crippen LogP contribution in [0.4, 0.5) is 5.69 Å². The highest BCUT2D eigenvalue weighted by molar-refractivity contribution is 5.90. The molecular weight excluding hydrogens is 380 g/mol. The van der Waals surface area contributed by atoms with Gasteiger partial charge in [0.1, 0.15) is 0 Å². The van der Waals surface area contributed by atoms with E-state index < -0.39 is 0 Å². The summed E-state index contributed by atoms with van der Waals surface area (Å²) < 4.78 is 5.39. The van der Waals surface area contributed by atoms with Crippen molar-refractivity contribution in [2.45, 2.75) is 25.9 Å². The highest BCUT2D eigenvalue weighted by atomic mass is 16.5. The van der Waals surface area contributed by atoms with Gasteiger partial charge >= 0.3 is 0 Å². The largest absolute Gasteiger partial charge is 0.379 e. The molecule has 156 valence electrons. The number of rotatable bonds is 8. The van der Waals surface area contributed by atoms with Gasteiger partial charge < -0.3 is 10.1 Å². The van der Waals surface area contributed by atoms with Crippen LogP contribution in [0.15, 0.2) is 54.6 Å². The molecule has 0 atom stereocenters. The van der Waals surface area contributed by atoms with Crippen molar-refractivity contribution in [2.75, 3.05) is 31.6 Å². The molecule has 3 aromatic rings. The maximum atomic E-state index is 12.3. The summed E-state index contributed by atoms with van der Waals surface area (Å²) in [7, 11) is 0. The number of nitrogens with one attached hydrogen (secondary N) is 1. The van der Waals surface area contributed by atoms with Gasteiger partial charge in [-0.2, -0.15) is 4.80 Å². The van der Waals surface area contributed by atoms with Crippen LogP contribution in [0.1, 0.15) is 18.4 Å². The summed E-state index contributed by atoms with van der Waals surface area (Å²) >= 11 is 0. The highest BCUT2D eigenvalue weighted by Gasteiger charge is 2.11. The lowest BCUT2D eigenvalue weighted by molar-refractivity contribution is -0.116. The molecule has 1 N–H and O–H groups in total. The summed E-state index contributed by atoms with van der Waals surface area (Å²) in [5, 5.41) is 15.5. The van der Waals surface area contributed by atoms with Crippen LogP contribution in [0, 0.1) is 0 Å². The molecule has 0 bridgehead atoms. The number of carbonyl (C=O) groups is 1. The summed E-state index contributed by atoms with van der Waals surface area (Å²) in [5.41, 5.74) is 2.95. The van der Waals surface area contributed by atoms with Gasteiger partial charge in [0, 0.05) is 37.3 Å². The predicted octanol–water partition coefficient (Wildman–Crippen LogP) is 2.59. The number of carbonyl (C=O) groups excluding carboxylic acids is 1. The zero-order chi connectivity index (χ0) is 20.6. The number of nitrogens with zero attached hydrogens (tertiary/aromatic N) is 5. The number of aryl methyl sites for hydroxylation is 1. The number of benzene rings is 2. The van der Waals surface area contributed by atoms with E-state index in [4.69, 9.17) is 4.74 Å². The standard InChI is InChI=1S/C22H26N6O2/c29-21(10-5-11-28-25-22(24-26-28)19-7-2-1-3-8-19)23-20-9-4-6-18(16-20)17-27-12-14-30-15-13-27/h1-4,6-9,16H,5,10-15,17H2,(H,23,29). The van der Waals surface area contributed by atoms with Crippen molar-refractivity contribution < 1.29 is 9.53 Å². The Morgan fingerprint density at radius 2 is 1.90 bits per heavy atom. The second-order valence-corrected chi connectivity index (χ2v) is 7.32. The van der Waals surface area contributed by atoms with E-state index in [1.807, 2.05) is 48.5 Å². The topological polar surface area (TPSA) is 85.2 Å². The fraction of sp³-hybridized carbons (Fsp3) is 0.364. The normalized spacial score (nSPS) is 14.5. The fourth-order valence-electron chi connectivity index (χ4n) is 3.41. The first-order valence-corrected chi connectivity index (χ1v) is 10.3. The highest BCUT2D eigenvalue weighted by Crippen LogP contribution is 2.15. The quantitative estimate of drug-likeness (QED) is 0.619. The van der Waals surface area contributed by atoms with Gasteiger partial charge in [-0.1, -0.05) is 42.5 Å². The number of amides is 1. The third kappa shape index (κ3) is 5.71. The number of tetrazole rings is 1. The Hall–Kier alpha value is -3.10. The van der Waals surface area contributed by atoms with Crippen molar-refractivity contribution in [1.29, 1.82) is 0 Å². The van der Waals surface area contributed by atoms with E-state index in [9.17, 15) is 4.79 Å². The Labute approximate surface area is 175 Å². The van der Waals surface area contributed by atoms with Crippen LogP contribution in [-0.2, 0) is 22.6 Å². The molecule has 1 aliphatic heterocycles. The Kier molecular flexibility index (Phi) is 6.79. The SMILES string of the molecule is O=C(CCCn1nnc(-c2ccccc2)n1)Nc1cccc(CN2CCOCC2)c1. The van der Waals surface area contributed by atoms with Crippen LogP contribution in [-0.4, -0.2) is 57.3 Å². The summed E-state index contributed by atoms with van der Waals surface area (Å²) in [6.07, 6.45) is 1.04. The average Bonchev–Trinajstić information content (AvgIpc) is 3.24. The van der Waals surface area contributed by atoms with Gasteiger partial charge in [0.05, 0.1) is 19.8 Å². The van der Waals surface area contributed by atoms with Gasteiger partial charge in [0.2, 0.25) is 11.7 Å². The maximum absolute atomic E-state index is 12.3. The van der Waals surface area contributed by atoms with Gasteiger partial charge in [0.25, 0.3) is 0 Å². The molecule has 1 amide bonds. The van der Waals surface area contributed by atoms with Gasteiger partial charge in [-0.05, 0) is 29.3 Å². The fourth-order valence-corrected chi connectivity index (χ4v) is 3.41. The summed E-state index contributed by atoms with van der Waals surface area (Å²) in [6.45, 7) is 4.87. The Morgan fingerprint density at radius 1 is 1.07 bits per heavy atom. The molecule has 1 aliphatic rings. The first kappa shape index (κ1) is 20.2. The molecule has 1 fully saturated rings. The Bertz CT molecular complexity index is 953. The van der Waals surface area contributed by atoms with E-state index >= 15 is 0 Å². The monoisotopic (exact) mass is 406 g/mol. The summed E-state index contributed by atoms with van der Waals surface area (Å²) in [5.74, 6) is 0.582. The maximum Gasteiger partial charge on any atom is 0.224 e. The number of hydrogen-bond donors (Lipinski definition) is 1. The minimum atomic E-state index is -0.0121. The van der Waals surface area contributed by atoms with Crippen molar-refractivity contribution in [3.8, 4) is 11.4 Å². The lowest BCUT2D eigenvalue weighted by Gasteiger charge is -2.26. The van der Waals surface area contributed by atoms with E-state index in [1.165, 1.54) is 5.56 Å². The minimum absolute atomic E-state index is 0.0121. The summed E-state index contributed by atoms with van der Waals surface area (Å²) in [6, 6.07) is 17.8. The van der Waals surface area contributed by atoms with Gasteiger partial charge in [0.15, 0.2) is 0 Å². The van der Waals surface area contributed by atoms with Crippen LogP contribution in [0.2, 0.25) is 0 Å². The molecule has 0 saturated carbocycles. The van der Waals surface area contributed by atoms with Crippen LogP contribution >= 0.6 is 0 Å². The van der Waals surface area contributed by atoms with Gasteiger partial charge in [-0.25, -0.2) is 0 Å². The van der Waals surface area contributed by atoms with E-state index in [0.717, 1.165) is 44.1 Å². The van der Waals surface area contributed by atoms with E-state index in [0.29, 0.717) is 25.2 Å². The first-order valence-electron chi connectivity index (χ1n) is 10.3. The number of ether oxygens (including phenoxy) is 1. The molecular formula is C22H26N6O2. The molecule has 0 spiro atoms. The molecule has 0 aliphatic carbocycles. The molecule has 30 heavy (non-hydrogen) atoms. The number of hydrogen-bond acceptors (Lipinski definition) is 6. The van der Waals surface area contributed by atoms with Crippen molar-refractivity contribution in [3.63, 3.8) is 0 Å². The van der Waals surface area contributed by atoms with Gasteiger partial charge in [-0.3, -0.25) is 9.69 Å². The van der Waals surface area contributed by atoms with Crippen LogP contribution in [0.3, 0.4) is 0 Å². The van der Waals surface area contributed by atoms with Crippen molar-refractivity contribution in [3.05, 3.63) is 60.2 Å². The lowest BCUT2D eigenvalue weighted by atomic mass is 10.1. The number of aromatic nitrogens is 4. The molecule has 1 saturated heterocycles. The smallest absolute Gasteiger partial charge is 0.224 e. The van der Waals surface area contributed by atoms with Crippen LogP contribution in [0.25, 0.3) is 11.4 Å². The number of anilines is 1. The minimum Gasteiger partial charge on any atom is -0.379 e. The van der Waals surface area contributed by atoms with E-state index in [-0.39, 0.29) is 5.91 Å². The molecule has 1 aromatic heterocycles. The number of morpholine rings is 1. The third-order valence-corrected chi connectivity index (χ3v) is 4.97. The van der Waals surface area contributed by atoms with Crippen LogP contribution < -0.4 is 5.32 Å². The Morgan fingerprint density at radius 3 is 2.73 bits per heavy atom. The predicted molar refractivity (Wildman–Crippen MR) is 114 cm³/mol. The molecule has 4 rings (SSSR count). The molecule has 0 unspecified atom stereocenters. The van der Waals surface area contributed by atoms with Gasteiger partial charge in [-0.15, -0.1) is 10.2 Å². The second kappa shape index (κ2) is 10.1. The molecule has 2 heterocycles. The van der Waals surface area contributed by atoms with E-state index in [2.05, 4.69) is 31.7 Å².